The number of amides is 2. The number of hydrogen-bond donors (Lipinski definition) is 2. The van der Waals surface area contributed by atoms with E-state index < -0.39 is 0 Å². The maximum absolute atomic E-state index is 12.8. The Kier molecular flexibility index (Phi) is 5.52. The number of rotatable bonds is 8. The fourth-order valence-corrected chi connectivity index (χ4v) is 4.70. The number of aromatic nitrogens is 2. The highest BCUT2D eigenvalue weighted by Crippen LogP contribution is 2.39. The van der Waals surface area contributed by atoms with Crippen molar-refractivity contribution < 1.29 is 9.59 Å². The number of carbonyl (C=O) groups is 2. The molecular weight excluding hydrogens is 388 g/mol. The van der Waals surface area contributed by atoms with Gasteiger partial charge in [0.25, 0.3) is 11.8 Å². The zero-order valence-corrected chi connectivity index (χ0v) is 19.8. The molecule has 2 aliphatic rings. The van der Waals surface area contributed by atoms with Crippen LogP contribution in [0.15, 0.2) is 12.1 Å². The van der Waals surface area contributed by atoms with Gasteiger partial charge in [-0.05, 0) is 70.9 Å². The lowest BCUT2D eigenvalue weighted by atomic mass is 9.93. The summed E-state index contributed by atoms with van der Waals surface area (Å²) in [4.78, 5) is 25.6. The van der Waals surface area contributed by atoms with Crippen molar-refractivity contribution >= 4 is 11.8 Å². The molecule has 0 unspecified atom stereocenters. The first-order valence-corrected chi connectivity index (χ1v) is 11.5. The minimum atomic E-state index is -0.255. The number of hydrogen-bond acceptors (Lipinski definition) is 2. The summed E-state index contributed by atoms with van der Waals surface area (Å²) in [6, 6.07) is 5.12. The average Bonchev–Trinajstić information content (AvgIpc) is 3.63. The Morgan fingerprint density at radius 3 is 1.48 bits per heavy atom. The van der Waals surface area contributed by atoms with Crippen LogP contribution in [0.1, 0.15) is 95.1 Å². The fourth-order valence-electron chi connectivity index (χ4n) is 4.70. The molecule has 0 spiro atoms. The van der Waals surface area contributed by atoms with Crippen LogP contribution in [0.25, 0.3) is 0 Å². The van der Waals surface area contributed by atoms with E-state index >= 15 is 0 Å². The number of nitrogens with one attached hydrogen (secondary N) is 2. The van der Waals surface area contributed by atoms with Gasteiger partial charge in [0.1, 0.15) is 0 Å². The SMILES string of the molecule is Cc1cc(C(=O)NCC(C)(C)CNC(=O)c2cc(C)n(C3CC3)c2C)c(C)n1C1CC1. The Balaban J connectivity index is 1.33. The first-order chi connectivity index (χ1) is 14.6. The minimum absolute atomic E-state index is 0.0348. The first kappa shape index (κ1) is 21.7. The number of carbonyl (C=O) groups excluding carboxylic acids is 2. The van der Waals surface area contributed by atoms with Gasteiger partial charge in [0.2, 0.25) is 0 Å². The molecule has 2 saturated carbocycles. The molecule has 0 atom stereocenters. The van der Waals surface area contributed by atoms with E-state index in [9.17, 15) is 9.59 Å². The Morgan fingerprint density at radius 1 is 0.806 bits per heavy atom. The van der Waals surface area contributed by atoms with Crippen LogP contribution in [0.2, 0.25) is 0 Å². The van der Waals surface area contributed by atoms with Crippen molar-refractivity contribution in [2.45, 2.75) is 79.3 Å². The third-order valence-corrected chi connectivity index (χ3v) is 6.74. The van der Waals surface area contributed by atoms with Crippen molar-refractivity contribution in [3.05, 3.63) is 46.0 Å². The Hall–Kier alpha value is -2.50. The molecule has 2 heterocycles. The minimum Gasteiger partial charge on any atom is -0.351 e. The van der Waals surface area contributed by atoms with Gasteiger partial charge in [-0.3, -0.25) is 9.59 Å². The zero-order valence-electron chi connectivity index (χ0n) is 19.8. The number of nitrogens with zero attached hydrogens (tertiary/aromatic N) is 2. The summed E-state index contributed by atoms with van der Waals surface area (Å²) in [6.45, 7) is 13.3. The molecule has 0 saturated heterocycles. The van der Waals surface area contributed by atoms with E-state index in [0.717, 1.165) is 33.9 Å². The van der Waals surface area contributed by atoms with Crippen LogP contribution < -0.4 is 10.6 Å². The maximum Gasteiger partial charge on any atom is 0.253 e. The van der Waals surface area contributed by atoms with Gasteiger partial charge in [-0.2, -0.15) is 0 Å². The van der Waals surface area contributed by atoms with E-state index in [1.54, 1.807) is 0 Å². The molecule has 6 nitrogen and oxygen atoms in total. The lowest BCUT2D eigenvalue weighted by Gasteiger charge is -2.25. The molecule has 2 fully saturated rings. The quantitative estimate of drug-likeness (QED) is 0.660. The van der Waals surface area contributed by atoms with Crippen LogP contribution in [0.5, 0.6) is 0 Å². The first-order valence-electron chi connectivity index (χ1n) is 11.5. The summed E-state index contributed by atoms with van der Waals surface area (Å²) >= 11 is 0. The molecular formula is C25H36N4O2. The van der Waals surface area contributed by atoms with Gasteiger partial charge in [0.05, 0.1) is 11.1 Å². The van der Waals surface area contributed by atoms with Gasteiger partial charge in [0.15, 0.2) is 0 Å². The molecule has 31 heavy (non-hydrogen) atoms. The molecule has 2 N–H and O–H groups in total. The van der Waals surface area contributed by atoms with Gasteiger partial charge in [-0.15, -0.1) is 0 Å². The Bertz CT molecular complexity index is 939. The smallest absolute Gasteiger partial charge is 0.253 e. The largest absolute Gasteiger partial charge is 0.351 e. The Morgan fingerprint density at radius 2 is 1.16 bits per heavy atom. The van der Waals surface area contributed by atoms with Gasteiger partial charge in [-0.25, -0.2) is 0 Å². The van der Waals surface area contributed by atoms with Crippen LogP contribution in [-0.4, -0.2) is 34.0 Å². The van der Waals surface area contributed by atoms with Crippen molar-refractivity contribution in [2.75, 3.05) is 13.1 Å². The van der Waals surface area contributed by atoms with Crippen molar-refractivity contribution in [2.24, 2.45) is 5.41 Å². The Labute approximate surface area is 185 Å². The summed E-state index contributed by atoms with van der Waals surface area (Å²) in [5, 5.41) is 6.17. The van der Waals surface area contributed by atoms with Crippen LogP contribution >= 0.6 is 0 Å². The van der Waals surface area contributed by atoms with Gasteiger partial charge >= 0.3 is 0 Å². The second-order valence-corrected chi connectivity index (χ2v) is 10.3. The molecule has 2 amide bonds. The zero-order chi connectivity index (χ0) is 22.5. The lowest BCUT2D eigenvalue weighted by molar-refractivity contribution is 0.0919. The van der Waals surface area contributed by atoms with Crippen molar-refractivity contribution in [3.8, 4) is 0 Å². The van der Waals surface area contributed by atoms with E-state index in [-0.39, 0.29) is 17.2 Å². The summed E-state index contributed by atoms with van der Waals surface area (Å²) < 4.78 is 4.58. The molecule has 2 aliphatic carbocycles. The molecule has 168 valence electrons. The van der Waals surface area contributed by atoms with E-state index in [2.05, 4.69) is 47.5 Å². The standard InChI is InChI=1S/C25H36N4O2/c1-15-11-21(17(3)28(15)19-7-8-19)23(30)26-13-25(5,6)14-27-24(31)22-12-16(2)29(18(22)4)20-9-10-20/h11-12,19-20H,7-10,13-14H2,1-6H3,(H,26,30)(H,27,31). The summed E-state index contributed by atoms with van der Waals surface area (Å²) in [7, 11) is 0. The van der Waals surface area contributed by atoms with Gasteiger partial charge in [-0.1, -0.05) is 13.8 Å². The maximum atomic E-state index is 12.8. The summed E-state index contributed by atoms with van der Waals surface area (Å²) in [5.74, 6) is -0.0697. The topological polar surface area (TPSA) is 68.1 Å². The van der Waals surface area contributed by atoms with Crippen LogP contribution in [-0.2, 0) is 0 Å². The normalized spacial score (nSPS) is 16.5. The van der Waals surface area contributed by atoms with Crippen LogP contribution in [0.3, 0.4) is 0 Å². The highest BCUT2D eigenvalue weighted by Gasteiger charge is 2.30. The molecule has 0 aromatic carbocycles. The average molecular weight is 425 g/mol. The molecule has 0 radical (unpaired) electrons. The van der Waals surface area contributed by atoms with Crippen LogP contribution in [0, 0.1) is 33.1 Å². The summed E-state index contributed by atoms with van der Waals surface area (Å²) in [6.07, 6.45) is 4.81. The van der Waals surface area contributed by atoms with E-state index in [0.29, 0.717) is 25.2 Å². The van der Waals surface area contributed by atoms with E-state index in [1.807, 2.05) is 26.0 Å². The van der Waals surface area contributed by atoms with E-state index in [1.165, 1.54) is 25.7 Å². The third-order valence-electron chi connectivity index (χ3n) is 6.74. The highest BCUT2D eigenvalue weighted by atomic mass is 16.2. The number of aryl methyl sites for hydroxylation is 2. The van der Waals surface area contributed by atoms with Gasteiger partial charge < -0.3 is 19.8 Å². The molecule has 0 aliphatic heterocycles. The van der Waals surface area contributed by atoms with Gasteiger partial charge in [0, 0.05) is 47.9 Å². The third kappa shape index (κ3) is 4.43. The molecule has 4 rings (SSSR count). The molecule has 2 aromatic rings. The molecule has 2 aromatic heterocycles. The lowest BCUT2D eigenvalue weighted by Crippen LogP contribution is -2.42. The summed E-state index contributed by atoms with van der Waals surface area (Å²) in [5.41, 5.74) is 5.67. The van der Waals surface area contributed by atoms with Crippen molar-refractivity contribution in [1.29, 1.82) is 0 Å². The predicted molar refractivity (Wildman–Crippen MR) is 123 cm³/mol. The second-order valence-electron chi connectivity index (χ2n) is 10.3. The van der Waals surface area contributed by atoms with Crippen LogP contribution in [0.4, 0.5) is 0 Å². The molecule has 0 bridgehead atoms. The highest BCUT2D eigenvalue weighted by molar-refractivity contribution is 5.96. The fraction of sp³-hybridized carbons (Fsp3) is 0.600. The second kappa shape index (κ2) is 7.88. The predicted octanol–water partition coefficient (Wildman–Crippen LogP) is 4.38. The van der Waals surface area contributed by atoms with Crippen molar-refractivity contribution in [1.82, 2.24) is 19.8 Å². The van der Waals surface area contributed by atoms with Crippen molar-refractivity contribution in [3.63, 3.8) is 0 Å². The molecule has 6 heteroatoms. The monoisotopic (exact) mass is 424 g/mol. The van der Waals surface area contributed by atoms with E-state index in [4.69, 9.17) is 0 Å².